The van der Waals surface area contributed by atoms with E-state index in [1.54, 1.807) is 17.0 Å². The first-order chi connectivity index (χ1) is 14.6. The third kappa shape index (κ3) is 5.85. The van der Waals surface area contributed by atoms with Crippen LogP contribution < -0.4 is 20.3 Å². The molecule has 0 spiro atoms. The van der Waals surface area contributed by atoms with Crippen molar-refractivity contribution in [1.82, 2.24) is 15.8 Å². The number of hydrogen-bond donors (Lipinski definition) is 2. The zero-order valence-corrected chi connectivity index (χ0v) is 17.3. The first kappa shape index (κ1) is 21.9. The van der Waals surface area contributed by atoms with Crippen LogP contribution >= 0.6 is 0 Å². The molecular formula is C21H29N3O6. The highest BCUT2D eigenvalue weighted by Crippen LogP contribution is 2.28. The minimum Gasteiger partial charge on any atom is -0.493 e. The van der Waals surface area contributed by atoms with Crippen molar-refractivity contribution < 1.29 is 28.6 Å². The number of hydrogen-bond acceptors (Lipinski definition) is 6. The third-order valence-electron chi connectivity index (χ3n) is 5.42. The number of nitrogens with zero attached hydrogens (tertiary/aromatic N) is 1. The molecule has 2 fully saturated rings. The summed E-state index contributed by atoms with van der Waals surface area (Å²) in [5, 5.41) is 0. The van der Waals surface area contributed by atoms with Crippen molar-refractivity contribution in [2.24, 2.45) is 5.92 Å². The fourth-order valence-corrected chi connectivity index (χ4v) is 3.63. The molecule has 0 bridgehead atoms. The van der Waals surface area contributed by atoms with Crippen molar-refractivity contribution in [2.45, 2.75) is 32.1 Å². The number of benzene rings is 1. The summed E-state index contributed by atoms with van der Waals surface area (Å²) >= 11 is 0. The Kier molecular flexibility index (Phi) is 7.89. The number of methoxy groups -OCH3 is 1. The summed E-state index contributed by atoms with van der Waals surface area (Å²) in [4.78, 5) is 38.5. The molecule has 0 radical (unpaired) electrons. The summed E-state index contributed by atoms with van der Waals surface area (Å²) in [7, 11) is 1.46. The van der Waals surface area contributed by atoms with Gasteiger partial charge < -0.3 is 19.1 Å². The number of hydrazine groups is 1. The normalized spacial score (nSPS) is 17.2. The first-order valence-electron chi connectivity index (χ1n) is 10.3. The minimum atomic E-state index is -0.451. The van der Waals surface area contributed by atoms with E-state index in [0.717, 1.165) is 32.1 Å². The molecule has 9 heteroatoms. The lowest BCUT2D eigenvalue weighted by molar-refractivity contribution is -0.137. The van der Waals surface area contributed by atoms with Gasteiger partial charge >= 0.3 is 0 Å². The van der Waals surface area contributed by atoms with Gasteiger partial charge in [0.1, 0.15) is 0 Å². The Bertz CT molecular complexity index is 757. The van der Waals surface area contributed by atoms with Crippen molar-refractivity contribution in [1.29, 1.82) is 0 Å². The smallest absolute Gasteiger partial charge is 0.269 e. The average Bonchev–Trinajstić information content (AvgIpc) is 2.81. The molecule has 0 aromatic heterocycles. The highest BCUT2D eigenvalue weighted by Gasteiger charge is 2.22. The number of nitrogens with one attached hydrogen (secondary N) is 2. The molecule has 9 nitrogen and oxygen atoms in total. The minimum absolute atomic E-state index is 0.0478. The van der Waals surface area contributed by atoms with E-state index in [1.807, 2.05) is 0 Å². The number of carbonyl (C=O) groups excluding carboxylic acids is 3. The van der Waals surface area contributed by atoms with E-state index in [4.69, 9.17) is 14.2 Å². The molecule has 1 saturated carbocycles. The van der Waals surface area contributed by atoms with Crippen molar-refractivity contribution in [3.8, 4) is 11.5 Å². The molecule has 1 aliphatic heterocycles. The van der Waals surface area contributed by atoms with Crippen LogP contribution in [0.25, 0.3) is 0 Å². The van der Waals surface area contributed by atoms with Gasteiger partial charge in [0.25, 0.3) is 11.8 Å². The van der Waals surface area contributed by atoms with Crippen LogP contribution in [0.5, 0.6) is 11.5 Å². The Morgan fingerprint density at radius 3 is 2.50 bits per heavy atom. The van der Waals surface area contributed by atoms with E-state index in [0.29, 0.717) is 43.4 Å². The van der Waals surface area contributed by atoms with Crippen LogP contribution in [0.3, 0.4) is 0 Å². The summed E-state index contributed by atoms with van der Waals surface area (Å²) in [5.41, 5.74) is 5.27. The van der Waals surface area contributed by atoms with Gasteiger partial charge in [0.05, 0.1) is 20.3 Å². The van der Waals surface area contributed by atoms with Gasteiger partial charge in [-0.2, -0.15) is 0 Å². The summed E-state index contributed by atoms with van der Waals surface area (Å²) in [5.74, 6) is -0.0936. The predicted molar refractivity (Wildman–Crippen MR) is 108 cm³/mol. The van der Waals surface area contributed by atoms with E-state index in [1.165, 1.54) is 13.2 Å². The molecule has 164 valence electrons. The highest BCUT2D eigenvalue weighted by atomic mass is 16.5. The molecular weight excluding hydrogens is 390 g/mol. The molecule has 1 aliphatic carbocycles. The standard InChI is InChI=1S/C21H29N3O6/c1-28-18-13-16(21(27)23-22-20(26)15-5-3-2-4-6-15)7-8-17(18)30-14-19(25)24-9-11-29-12-10-24/h7-8,13,15H,2-6,9-12,14H2,1H3,(H,22,26)(H,23,27). The first-order valence-corrected chi connectivity index (χ1v) is 10.3. The quantitative estimate of drug-likeness (QED) is 0.673. The van der Waals surface area contributed by atoms with Crippen molar-refractivity contribution in [3.63, 3.8) is 0 Å². The number of morpholine rings is 1. The van der Waals surface area contributed by atoms with Crippen LogP contribution in [0.2, 0.25) is 0 Å². The molecule has 30 heavy (non-hydrogen) atoms. The molecule has 0 atom stereocenters. The molecule has 2 N–H and O–H groups in total. The Balaban J connectivity index is 1.52. The van der Waals surface area contributed by atoms with Gasteiger partial charge in [0.15, 0.2) is 18.1 Å². The van der Waals surface area contributed by atoms with Gasteiger partial charge in [-0.25, -0.2) is 0 Å². The zero-order valence-electron chi connectivity index (χ0n) is 17.3. The average molecular weight is 419 g/mol. The van der Waals surface area contributed by atoms with Crippen molar-refractivity contribution in [3.05, 3.63) is 23.8 Å². The Morgan fingerprint density at radius 1 is 1.07 bits per heavy atom. The summed E-state index contributed by atoms with van der Waals surface area (Å²) < 4.78 is 16.1. The summed E-state index contributed by atoms with van der Waals surface area (Å²) in [6, 6.07) is 4.64. The van der Waals surface area contributed by atoms with Gasteiger partial charge in [-0.05, 0) is 31.0 Å². The van der Waals surface area contributed by atoms with Gasteiger partial charge in [0, 0.05) is 24.6 Å². The summed E-state index contributed by atoms with van der Waals surface area (Å²) in [6.45, 7) is 2.02. The SMILES string of the molecule is COc1cc(C(=O)NNC(=O)C2CCCCC2)ccc1OCC(=O)N1CCOCC1. The molecule has 1 aromatic carbocycles. The third-order valence-corrected chi connectivity index (χ3v) is 5.42. The topological polar surface area (TPSA) is 106 Å². The second kappa shape index (κ2) is 10.8. The zero-order chi connectivity index (χ0) is 21.3. The lowest BCUT2D eigenvalue weighted by Crippen LogP contribution is -2.45. The van der Waals surface area contributed by atoms with Crippen molar-refractivity contribution in [2.75, 3.05) is 40.0 Å². The van der Waals surface area contributed by atoms with Crippen LogP contribution in [0.15, 0.2) is 18.2 Å². The van der Waals surface area contributed by atoms with Gasteiger partial charge in [0.2, 0.25) is 5.91 Å². The molecule has 0 unspecified atom stereocenters. The number of ether oxygens (including phenoxy) is 3. The molecule has 1 saturated heterocycles. The van der Waals surface area contributed by atoms with E-state index in [-0.39, 0.29) is 24.3 Å². The number of rotatable bonds is 6. The fourth-order valence-electron chi connectivity index (χ4n) is 3.63. The molecule has 2 aliphatic rings. The lowest BCUT2D eigenvalue weighted by Gasteiger charge is -2.26. The monoisotopic (exact) mass is 419 g/mol. The van der Waals surface area contributed by atoms with Crippen LogP contribution in [0, 0.1) is 5.92 Å². The van der Waals surface area contributed by atoms with Crippen LogP contribution in [0.1, 0.15) is 42.5 Å². The van der Waals surface area contributed by atoms with Gasteiger partial charge in [-0.15, -0.1) is 0 Å². The van der Waals surface area contributed by atoms with Gasteiger partial charge in [-0.1, -0.05) is 19.3 Å². The molecule has 3 rings (SSSR count). The Morgan fingerprint density at radius 2 is 1.80 bits per heavy atom. The van der Waals surface area contributed by atoms with Crippen LogP contribution in [-0.4, -0.2) is 62.6 Å². The second-order valence-electron chi connectivity index (χ2n) is 7.43. The Labute approximate surface area is 176 Å². The number of amides is 3. The van der Waals surface area contributed by atoms with Crippen molar-refractivity contribution >= 4 is 17.7 Å². The number of carbonyl (C=O) groups is 3. The molecule has 1 aromatic rings. The maximum Gasteiger partial charge on any atom is 0.269 e. The van der Waals surface area contributed by atoms with Crippen LogP contribution in [0.4, 0.5) is 0 Å². The predicted octanol–water partition coefficient (Wildman–Crippen LogP) is 1.27. The maximum absolute atomic E-state index is 12.4. The largest absolute Gasteiger partial charge is 0.493 e. The van der Waals surface area contributed by atoms with E-state index in [2.05, 4.69) is 10.9 Å². The highest BCUT2D eigenvalue weighted by molar-refractivity contribution is 5.96. The van der Waals surface area contributed by atoms with E-state index in [9.17, 15) is 14.4 Å². The van der Waals surface area contributed by atoms with Crippen LogP contribution in [-0.2, 0) is 14.3 Å². The maximum atomic E-state index is 12.4. The fraction of sp³-hybridized carbons (Fsp3) is 0.571. The lowest BCUT2D eigenvalue weighted by atomic mass is 9.89. The Hall–Kier alpha value is -2.81. The van der Waals surface area contributed by atoms with E-state index >= 15 is 0 Å². The molecule has 1 heterocycles. The molecule has 3 amide bonds. The van der Waals surface area contributed by atoms with E-state index < -0.39 is 5.91 Å². The summed E-state index contributed by atoms with van der Waals surface area (Å²) in [6.07, 6.45) is 4.94. The van der Waals surface area contributed by atoms with Gasteiger partial charge in [-0.3, -0.25) is 25.2 Å². The second-order valence-corrected chi connectivity index (χ2v) is 7.43.